The molecule has 5 aliphatic rings. The smallest absolute Gasteiger partial charge is 0.352 e. The molecular formula is C32H37N8O10S2+. The van der Waals surface area contributed by atoms with Gasteiger partial charge in [0.25, 0.3) is 11.8 Å². The van der Waals surface area contributed by atoms with Crippen molar-refractivity contribution in [3.63, 3.8) is 0 Å². The van der Waals surface area contributed by atoms with Crippen molar-refractivity contribution < 1.29 is 48.9 Å². The van der Waals surface area contributed by atoms with Crippen LogP contribution in [0.1, 0.15) is 32.9 Å². The second-order valence-electron chi connectivity index (χ2n) is 13.9. The van der Waals surface area contributed by atoms with Crippen LogP contribution in [0.2, 0.25) is 0 Å². The number of carbonyl (C=O) groups is 4. The molecule has 3 saturated heterocycles. The van der Waals surface area contributed by atoms with E-state index in [0.29, 0.717) is 35.2 Å². The molecule has 3 fully saturated rings. The summed E-state index contributed by atoms with van der Waals surface area (Å²) in [6.07, 6.45) is 0.723. The van der Waals surface area contributed by atoms with Crippen LogP contribution in [-0.4, -0.2) is 116 Å². The number of piperidine rings is 1. The van der Waals surface area contributed by atoms with Crippen molar-refractivity contribution in [3.8, 4) is 11.5 Å². The minimum absolute atomic E-state index is 0.00211. The SMILES string of the molecule is CCn1nc(C[N+]23CCC(C2)C2SC4C(NC(=O)C(=NOC(C)(C)C(=O)O)C5=CSC(N)N5)C(=O)N4C(C(=O)O)=C2C3)c(=O)c2cc(O)c(O)cc21. The van der Waals surface area contributed by atoms with Gasteiger partial charge >= 0.3 is 11.9 Å². The van der Waals surface area contributed by atoms with E-state index in [9.17, 15) is 44.4 Å². The first-order valence-electron chi connectivity index (χ1n) is 16.5. The third-order valence-corrected chi connectivity index (χ3v) is 12.6. The lowest BCUT2D eigenvalue weighted by molar-refractivity contribution is -0.929. The number of aliphatic carboxylic acids is 2. The molecule has 20 heteroatoms. The lowest BCUT2D eigenvalue weighted by Gasteiger charge is -2.54. The second kappa shape index (κ2) is 12.7. The predicted molar refractivity (Wildman–Crippen MR) is 187 cm³/mol. The highest BCUT2D eigenvalue weighted by atomic mass is 32.2. The first-order chi connectivity index (χ1) is 24.5. The summed E-state index contributed by atoms with van der Waals surface area (Å²) in [7, 11) is 0. The van der Waals surface area contributed by atoms with E-state index in [4.69, 9.17) is 10.6 Å². The number of aromatic hydroxyl groups is 2. The lowest BCUT2D eigenvalue weighted by Crippen LogP contribution is -2.72. The Hall–Kier alpha value is -4.79. The summed E-state index contributed by atoms with van der Waals surface area (Å²) in [5.74, 6) is -4.87. The number of fused-ring (bicyclic) bond motifs is 6. The minimum Gasteiger partial charge on any atom is -0.504 e. The zero-order valence-corrected chi connectivity index (χ0v) is 29.9. The van der Waals surface area contributed by atoms with Gasteiger partial charge < -0.3 is 46.1 Å². The second-order valence-corrected chi connectivity index (χ2v) is 16.2. The normalized spacial score (nSPS) is 28.1. The summed E-state index contributed by atoms with van der Waals surface area (Å²) in [4.78, 5) is 71.8. The van der Waals surface area contributed by atoms with Gasteiger partial charge in [-0.1, -0.05) is 16.9 Å². The number of phenolic OH excluding ortho intramolecular Hbond substituents is 2. The van der Waals surface area contributed by atoms with Gasteiger partial charge in [-0.2, -0.15) is 5.10 Å². The topological polar surface area (TPSA) is 259 Å². The molecule has 0 aliphatic carbocycles. The van der Waals surface area contributed by atoms with Crippen LogP contribution in [0.4, 0.5) is 0 Å². The fourth-order valence-corrected chi connectivity index (χ4v) is 9.93. The Labute approximate surface area is 303 Å². The molecule has 276 valence electrons. The molecule has 0 saturated carbocycles. The molecule has 0 spiro atoms. The van der Waals surface area contributed by atoms with Gasteiger partial charge in [0, 0.05) is 41.2 Å². The number of oxime groups is 1. The molecule has 52 heavy (non-hydrogen) atoms. The number of carboxylic acid groups (broad SMARTS) is 2. The van der Waals surface area contributed by atoms with E-state index in [1.54, 1.807) is 4.68 Å². The molecule has 6 atom stereocenters. The highest BCUT2D eigenvalue weighted by molar-refractivity contribution is 8.03. The number of thioether (sulfide) groups is 2. The number of aryl methyl sites for hydroxylation is 1. The highest BCUT2D eigenvalue weighted by Gasteiger charge is 2.61. The number of nitrogens with one attached hydrogen (secondary N) is 2. The maximum absolute atomic E-state index is 13.7. The van der Waals surface area contributed by atoms with Crippen LogP contribution >= 0.6 is 23.5 Å². The van der Waals surface area contributed by atoms with Crippen molar-refractivity contribution in [2.24, 2.45) is 16.8 Å². The van der Waals surface area contributed by atoms with E-state index in [-0.39, 0.29) is 63.6 Å². The fraction of sp³-hybridized carbons (Fsp3) is 0.469. The summed E-state index contributed by atoms with van der Waals surface area (Å²) in [6, 6.07) is 1.42. The molecule has 7 rings (SSSR count). The molecule has 5 aliphatic heterocycles. The van der Waals surface area contributed by atoms with E-state index in [1.165, 1.54) is 48.1 Å². The maximum atomic E-state index is 13.7. The third kappa shape index (κ3) is 5.82. The largest absolute Gasteiger partial charge is 0.504 e. The number of rotatable bonds is 10. The van der Waals surface area contributed by atoms with Crippen molar-refractivity contribution in [2.75, 3.05) is 19.6 Å². The Morgan fingerprint density at radius 3 is 2.60 bits per heavy atom. The number of amides is 2. The minimum atomic E-state index is -1.78. The number of nitrogens with two attached hydrogens (primary N) is 1. The van der Waals surface area contributed by atoms with Crippen LogP contribution in [0.15, 0.2) is 44.5 Å². The Balaban J connectivity index is 1.16. The van der Waals surface area contributed by atoms with Gasteiger partial charge in [-0.3, -0.25) is 24.0 Å². The van der Waals surface area contributed by atoms with Crippen molar-refractivity contribution >= 4 is 63.9 Å². The summed E-state index contributed by atoms with van der Waals surface area (Å²) in [5, 5.41) is 54.8. The van der Waals surface area contributed by atoms with Crippen molar-refractivity contribution in [2.45, 2.75) is 68.0 Å². The van der Waals surface area contributed by atoms with Crippen molar-refractivity contribution in [3.05, 3.63) is 50.4 Å². The molecule has 1 aromatic carbocycles. The average Bonchev–Trinajstić information content (AvgIpc) is 3.67. The number of nitrogens with zero attached hydrogens (tertiary/aromatic N) is 5. The number of carbonyl (C=O) groups excluding carboxylic acids is 2. The number of β-lactam (4-membered cyclic amide) rings is 1. The van der Waals surface area contributed by atoms with Crippen molar-refractivity contribution in [1.29, 1.82) is 0 Å². The van der Waals surface area contributed by atoms with Crippen LogP contribution in [0, 0.1) is 5.92 Å². The number of carboxylic acids is 2. The van der Waals surface area contributed by atoms with Crippen LogP contribution < -0.4 is 21.8 Å². The van der Waals surface area contributed by atoms with Crippen molar-refractivity contribution in [1.82, 2.24) is 25.3 Å². The molecule has 2 bridgehead atoms. The monoisotopic (exact) mass is 757 g/mol. The fourth-order valence-electron chi connectivity index (χ4n) is 7.50. The molecule has 0 radical (unpaired) electrons. The van der Waals surface area contributed by atoms with Gasteiger partial charge in [0.1, 0.15) is 35.7 Å². The molecule has 2 aromatic rings. The van der Waals surface area contributed by atoms with Crippen LogP contribution in [0.5, 0.6) is 11.5 Å². The van der Waals surface area contributed by atoms with E-state index < -0.39 is 52.0 Å². The number of aromatic nitrogens is 2. The predicted octanol–water partition coefficient (Wildman–Crippen LogP) is -0.0590. The molecule has 6 unspecified atom stereocenters. The molecule has 6 heterocycles. The summed E-state index contributed by atoms with van der Waals surface area (Å²) >= 11 is 2.56. The van der Waals surface area contributed by atoms with E-state index in [0.717, 1.165) is 18.2 Å². The molecular weight excluding hydrogens is 721 g/mol. The lowest BCUT2D eigenvalue weighted by atomic mass is 9.90. The summed E-state index contributed by atoms with van der Waals surface area (Å²) in [5.41, 5.74) is 4.03. The Bertz CT molecular complexity index is 2100. The molecule has 8 N–H and O–H groups in total. The number of hydrogen-bond donors (Lipinski definition) is 7. The number of benzene rings is 1. The van der Waals surface area contributed by atoms with Gasteiger partial charge in [-0.05, 0) is 26.8 Å². The molecule has 18 nitrogen and oxygen atoms in total. The number of hydrogen-bond acceptors (Lipinski definition) is 14. The highest BCUT2D eigenvalue weighted by Crippen LogP contribution is 2.52. The van der Waals surface area contributed by atoms with Crippen LogP contribution in [-0.2, 0) is 37.1 Å². The third-order valence-electron chi connectivity index (χ3n) is 10.1. The van der Waals surface area contributed by atoms with Gasteiger partial charge in [-0.25, -0.2) is 9.59 Å². The summed E-state index contributed by atoms with van der Waals surface area (Å²) < 4.78 is 1.94. The van der Waals surface area contributed by atoms with E-state index in [1.807, 2.05) is 6.92 Å². The first-order valence-corrected chi connectivity index (χ1v) is 18.4. The van der Waals surface area contributed by atoms with Gasteiger partial charge in [0.2, 0.25) is 11.0 Å². The Morgan fingerprint density at radius 1 is 1.21 bits per heavy atom. The zero-order chi connectivity index (χ0) is 37.4. The zero-order valence-electron chi connectivity index (χ0n) is 28.2. The van der Waals surface area contributed by atoms with Gasteiger partial charge in [0.15, 0.2) is 22.9 Å². The van der Waals surface area contributed by atoms with Crippen LogP contribution in [0.3, 0.4) is 0 Å². The quantitative estimate of drug-likeness (QED) is 0.0551. The maximum Gasteiger partial charge on any atom is 0.352 e. The van der Waals surface area contributed by atoms with Crippen LogP contribution in [0.25, 0.3) is 10.9 Å². The summed E-state index contributed by atoms with van der Waals surface area (Å²) in [6.45, 7) is 6.47. The van der Waals surface area contributed by atoms with E-state index in [2.05, 4.69) is 20.9 Å². The molecule has 1 aromatic heterocycles. The van der Waals surface area contributed by atoms with Gasteiger partial charge in [0.05, 0.1) is 29.7 Å². The Kier molecular flexibility index (Phi) is 8.70. The first kappa shape index (κ1) is 35.6. The Morgan fingerprint density at radius 2 is 1.94 bits per heavy atom. The number of phenols is 2. The van der Waals surface area contributed by atoms with E-state index >= 15 is 0 Å². The average molecular weight is 758 g/mol. The molecule has 2 amide bonds. The van der Waals surface area contributed by atoms with Gasteiger partial charge in [-0.15, -0.1) is 11.8 Å². The number of quaternary nitrogens is 1. The standard InChI is InChI=1S/C32H36N8O10S2/c1-4-38-18-8-20(42)19(41)7-14(18)24(43)16(36-38)11-40-6-5-13(9-40)25-15(10-40)23(29(46)47)39-27(45)22(28(39)52-25)35-26(44)21(17-12-51-31(33)34-17)37-50-32(2,3)30(48)49/h7-8,12-13,22,25,28,31,34H,4-6,9-11,33H2,1-3H3,(H4-,35,36,37,41,42,43,44,46,47,48,49)/p+1.